The zero-order valence-corrected chi connectivity index (χ0v) is 21.9. The SMILES string of the molecule is COc1cc(C)c(S(=O)(=O)N(C)CCNCC(=O)NCC2CCN(c3ccncc3)CC2)c(C)c1. The third kappa shape index (κ3) is 7.16. The summed E-state index contributed by atoms with van der Waals surface area (Å²) in [6, 6.07) is 7.49. The van der Waals surface area contributed by atoms with Crippen LogP contribution in [0.4, 0.5) is 5.69 Å². The molecular formula is C25H37N5O4S. The van der Waals surface area contributed by atoms with Gasteiger partial charge < -0.3 is 20.3 Å². The number of benzene rings is 1. The smallest absolute Gasteiger partial charge is 0.243 e. The molecule has 0 atom stereocenters. The summed E-state index contributed by atoms with van der Waals surface area (Å²) in [4.78, 5) is 19.0. The van der Waals surface area contributed by atoms with Crippen LogP contribution in [0.1, 0.15) is 24.0 Å². The lowest BCUT2D eigenvalue weighted by Crippen LogP contribution is -2.42. The van der Waals surface area contributed by atoms with E-state index in [1.807, 2.05) is 24.5 Å². The van der Waals surface area contributed by atoms with Crippen LogP contribution in [-0.4, -0.2) is 77.0 Å². The summed E-state index contributed by atoms with van der Waals surface area (Å²) in [5, 5.41) is 6.05. The first kappa shape index (κ1) is 26.9. The van der Waals surface area contributed by atoms with Gasteiger partial charge in [0.25, 0.3) is 0 Å². The van der Waals surface area contributed by atoms with Crippen LogP contribution in [0.15, 0.2) is 41.6 Å². The van der Waals surface area contributed by atoms with Crippen LogP contribution in [0.25, 0.3) is 0 Å². The molecule has 0 radical (unpaired) electrons. The number of carbonyl (C=O) groups excluding carboxylic acids is 1. The first-order valence-electron chi connectivity index (χ1n) is 12.0. The van der Waals surface area contributed by atoms with E-state index in [1.165, 1.54) is 9.99 Å². The van der Waals surface area contributed by atoms with Crippen LogP contribution in [0.3, 0.4) is 0 Å². The second kappa shape index (κ2) is 12.3. The molecule has 2 aromatic rings. The van der Waals surface area contributed by atoms with Crippen molar-refractivity contribution in [2.24, 2.45) is 5.92 Å². The number of nitrogens with one attached hydrogen (secondary N) is 2. The van der Waals surface area contributed by atoms with E-state index >= 15 is 0 Å². The minimum absolute atomic E-state index is 0.0751. The number of hydrogen-bond donors (Lipinski definition) is 2. The fourth-order valence-electron chi connectivity index (χ4n) is 4.42. The maximum atomic E-state index is 13.1. The van der Waals surface area contributed by atoms with Crippen LogP contribution in [-0.2, 0) is 14.8 Å². The number of ether oxygens (including phenoxy) is 1. The van der Waals surface area contributed by atoms with Gasteiger partial charge in [-0.05, 0) is 68.0 Å². The van der Waals surface area contributed by atoms with Gasteiger partial charge in [-0.3, -0.25) is 9.78 Å². The molecule has 1 fully saturated rings. The summed E-state index contributed by atoms with van der Waals surface area (Å²) in [6.07, 6.45) is 5.68. The van der Waals surface area contributed by atoms with E-state index in [1.54, 1.807) is 40.1 Å². The van der Waals surface area contributed by atoms with Crippen LogP contribution in [0, 0.1) is 19.8 Å². The van der Waals surface area contributed by atoms with E-state index in [9.17, 15) is 13.2 Å². The monoisotopic (exact) mass is 503 g/mol. The van der Waals surface area contributed by atoms with E-state index in [0.717, 1.165) is 25.9 Å². The van der Waals surface area contributed by atoms with Crippen molar-refractivity contribution < 1.29 is 17.9 Å². The number of anilines is 1. The van der Waals surface area contributed by atoms with Gasteiger partial charge in [-0.1, -0.05) is 0 Å². The van der Waals surface area contributed by atoms with Crippen LogP contribution < -0.4 is 20.3 Å². The average molecular weight is 504 g/mol. The second-order valence-corrected chi connectivity index (χ2v) is 11.0. The Morgan fingerprint density at radius 2 is 1.80 bits per heavy atom. The van der Waals surface area contributed by atoms with Crippen molar-refractivity contribution in [2.75, 3.05) is 58.3 Å². The van der Waals surface area contributed by atoms with Gasteiger partial charge in [-0.2, -0.15) is 4.31 Å². The zero-order chi connectivity index (χ0) is 25.4. The minimum atomic E-state index is -3.65. The summed E-state index contributed by atoms with van der Waals surface area (Å²) in [5.41, 5.74) is 2.48. The number of sulfonamides is 1. The largest absolute Gasteiger partial charge is 0.497 e. The van der Waals surface area contributed by atoms with Crippen molar-refractivity contribution in [2.45, 2.75) is 31.6 Å². The minimum Gasteiger partial charge on any atom is -0.497 e. The van der Waals surface area contributed by atoms with Gasteiger partial charge in [-0.25, -0.2) is 8.42 Å². The Morgan fingerprint density at radius 3 is 2.40 bits per heavy atom. The molecule has 0 spiro atoms. The molecule has 9 nitrogen and oxygen atoms in total. The van der Waals surface area contributed by atoms with Gasteiger partial charge in [0.05, 0.1) is 18.6 Å². The summed E-state index contributed by atoms with van der Waals surface area (Å²) in [7, 11) is -0.533. The summed E-state index contributed by atoms with van der Waals surface area (Å²) in [5.74, 6) is 1.02. The summed E-state index contributed by atoms with van der Waals surface area (Å²) < 4.78 is 32.7. The lowest BCUT2D eigenvalue weighted by atomic mass is 9.96. The number of amides is 1. The maximum absolute atomic E-state index is 13.1. The molecule has 1 aliphatic rings. The predicted molar refractivity (Wildman–Crippen MR) is 137 cm³/mol. The fourth-order valence-corrected chi connectivity index (χ4v) is 6.00. The first-order chi connectivity index (χ1) is 16.7. The number of hydrogen-bond acceptors (Lipinski definition) is 7. The van der Waals surface area contributed by atoms with Crippen LogP contribution in [0.2, 0.25) is 0 Å². The highest BCUT2D eigenvalue weighted by Gasteiger charge is 2.25. The molecule has 2 heterocycles. The van der Waals surface area contributed by atoms with E-state index in [0.29, 0.717) is 40.8 Å². The lowest BCUT2D eigenvalue weighted by Gasteiger charge is -2.33. The number of methoxy groups -OCH3 is 1. The number of piperidine rings is 1. The highest BCUT2D eigenvalue weighted by atomic mass is 32.2. The molecule has 1 amide bonds. The highest BCUT2D eigenvalue weighted by molar-refractivity contribution is 7.89. The molecule has 0 unspecified atom stereocenters. The zero-order valence-electron chi connectivity index (χ0n) is 21.1. The van der Waals surface area contributed by atoms with E-state index in [-0.39, 0.29) is 19.0 Å². The van der Waals surface area contributed by atoms with Crippen LogP contribution in [0.5, 0.6) is 5.75 Å². The molecule has 3 rings (SSSR count). The van der Waals surface area contributed by atoms with Gasteiger partial charge in [0, 0.05) is 57.9 Å². The number of carbonyl (C=O) groups is 1. The number of nitrogens with zero attached hydrogens (tertiary/aromatic N) is 3. The van der Waals surface area contributed by atoms with Gasteiger partial charge in [0.15, 0.2) is 0 Å². The number of aromatic nitrogens is 1. The standard InChI is InChI=1S/C25H37N5O4S/c1-19-15-23(34-4)16-20(2)25(19)35(32,33)29(3)14-11-27-18-24(31)28-17-21-7-12-30(13-8-21)22-5-9-26-10-6-22/h5-6,9-10,15-16,21,27H,7-8,11-14,17-18H2,1-4H3,(H,28,31). The molecule has 1 saturated heterocycles. The molecule has 35 heavy (non-hydrogen) atoms. The van der Waals surface area contributed by atoms with Crippen molar-refractivity contribution in [1.82, 2.24) is 19.9 Å². The summed E-state index contributed by atoms with van der Waals surface area (Å²) >= 11 is 0. The Hall–Kier alpha value is -2.69. The number of likely N-dealkylation sites (N-methyl/N-ethyl adjacent to an activating group) is 1. The van der Waals surface area contributed by atoms with E-state index in [2.05, 4.69) is 20.5 Å². The number of pyridine rings is 1. The maximum Gasteiger partial charge on any atom is 0.243 e. The Bertz CT molecular complexity index is 1060. The van der Waals surface area contributed by atoms with Crippen molar-refractivity contribution in [1.29, 1.82) is 0 Å². The molecule has 2 N–H and O–H groups in total. The van der Waals surface area contributed by atoms with E-state index in [4.69, 9.17) is 4.74 Å². The predicted octanol–water partition coefficient (Wildman–Crippen LogP) is 1.95. The fraction of sp³-hybridized carbons (Fsp3) is 0.520. The van der Waals surface area contributed by atoms with Gasteiger partial charge >= 0.3 is 0 Å². The summed E-state index contributed by atoms with van der Waals surface area (Å²) in [6.45, 7) is 6.92. The molecule has 1 aromatic carbocycles. The highest BCUT2D eigenvalue weighted by Crippen LogP contribution is 2.27. The van der Waals surface area contributed by atoms with Gasteiger partial charge in [-0.15, -0.1) is 0 Å². The normalized spacial score (nSPS) is 14.8. The third-order valence-electron chi connectivity index (χ3n) is 6.46. The quantitative estimate of drug-likeness (QED) is 0.452. The van der Waals surface area contributed by atoms with Crippen molar-refractivity contribution in [3.8, 4) is 5.75 Å². The molecular weight excluding hydrogens is 466 g/mol. The molecule has 192 valence electrons. The molecule has 1 aliphatic heterocycles. The lowest BCUT2D eigenvalue weighted by molar-refractivity contribution is -0.120. The average Bonchev–Trinajstić information content (AvgIpc) is 2.85. The van der Waals surface area contributed by atoms with Crippen molar-refractivity contribution >= 4 is 21.6 Å². The Kier molecular flexibility index (Phi) is 9.47. The topological polar surface area (TPSA) is 104 Å². The Labute approximate surface area is 208 Å². The Morgan fingerprint density at radius 1 is 1.17 bits per heavy atom. The van der Waals surface area contributed by atoms with Crippen molar-refractivity contribution in [3.05, 3.63) is 47.8 Å². The number of rotatable bonds is 11. The molecule has 0 bridgehead atoms. The van der Waals surface area contributed by atoms with E-state index < -0.39 is 10.0 Å². The molecule has 10 heteroatoms. The van der Waals surface area contributed by atoms with Crippen LogP contribution >= 0.6 is 0 Å². The first-order valence-corrected chi connectivity index (χ1v) is 13.4. The number of aryl methyl sites for hydroxylation is 2. The second-order valence-electron chi connectivity index (χ2n) is 9.03. The molecule has 0 aliphatic carbocycles. The van der Waals surface area contributed by atoms with Gasteiger partial charge in [0.2, 0.25) is 15.9 Å². The Balaban J connectivity index is 1.36. The molecule has 1 aromatic heterocycles. The third-order valence-corrected chi connectivity index (χ3v) is 8.62. The van der Waals surface area contributed by atoms with Crippen molar-refractivity contribution in [3.63, 3.8) is 0 Å². The molecule has 0 saturated carbocycles. The van der Waals surface area contributed by atoms with Gasteiger partial charge in [0.1, 0.15) is 5.75 Å².